The van der Waals surface area contributed by atoms with Crippen molar-refractivity contribution in [3.63, 3.8) is 0 Å². The first-order valence-corrected chi connectivity index (χ1v) is 13.3. The lowest BCUT2D eigenvalue weighted by Crippen LogP contribution is -2.41. The van der Waals surface area contributed by atoms with Crippen LogP contribution < -0.4 is 9.13 Å². The summed E-state index contributed by atoms with van der Waals surface area (Å²) in [4.78, 5) is 0. The molecule has 3 rings (SSSR count). The van der Waals surface area contributed by atoms with E-state index in [2.05, 4.69) is 115 Å². The Labute approximate surface area is 223 Å². The molecule has 0 radical (unpaired) electrons. The van der Waals surface area contributed by atoms with Gasteiger partial charge in [-0.1, -0.05) is 68.3 Å². The number of hydrogen-bond donors (Lipinski definition) is 0. The van der Waals surface area contributed by atoms with Crippen LogP contribution in [0.1, 0.15) is 48.4 Å². The van der Waals surface area contributed by atoms with Crippen molar-refractivity contribution >= 4 is 5.57 Å². The van der Waals surface area contributed by atoms with Crippen LogP contribution in [-0.2, 0) is 26.2 Å². The van der Waals surface area contributed by atoms with E-state index in [4.69, 9.17) is 0 Å². The molecule has 4 heteroatoms. The van der Waals surface area contributed by atoms with Gasteiger partial charge in [-0.2, -0.15) is 0 Å². The number of rotatable bonds is 13. The lowest BCUT2D eigenvalue weighted by atomic mass is 10.2. The van der Waals surface area contributed by atoms with Gasteiger partial charge >= 0.3 is 0 Å². The first kappa shape index (κ1) is 27.9. The highest BCUT2D eigenvalue weighted by Crippen LogP contribution is 2.22. The van der Waals surface area contributed by atoms with Crippen LogP contribution in [0.2, 0.25) is 0 Å². The van der Waals surface area contributed by atoms with E-state index in [-0.39, 0.29) is 0 Å². The molecular formula is C33H44N4+2. The molecule has 0 N–H and O–H groups in total. The third kappa shape index (κ3) is 5.85. The Hall–Kier alpha value is -3.66. The minimum atomic E-state index is 0.792. The third-order valence-corrected chi connectivity index (χ3v) is 7.34. The van der Waals surface area contributed by atoms with Crippen molar-refractivity contribution in [1.29, 1.82) is 0 Å². The minimum absolute atomic E-state index is 0.792. The first-order chi connectivity index (χ1) is 17.9. The van der Waals surface area contributed by atoms with Gasteiger partial charge in [0.25, 0.3) is 11.6 Å². The van der Waals surface area contributed by atoms with E-state index in [1.54, 1.807) is 0 Å². The number of nitrogens with zero attached hydrogens (tertiary/aromatic N) is 4. The molecule has 0 fully saturated rings. The second-order valence-corrected chi connectivity index (χ2v) is 9.50. The highest BCUT2D eigenvalue weighted by atomic mass is 15.2. The van der Waals surface area contributed by atoms with Gasteiger partial charge in [0.2, 0.25) is 0 Å². The van der Waals surface area contributed by atoms with E-state index in [0.29, 0.717) is 0 Å². The highest BCUT2D eigenvalue weighted by molar-refractivity contribution is 5.68. The van der Waals surface area contributed by atoms with Crippen molar-refractivity contribution in [2.75, 3.05) is 0 Å². The largest absolute Gasteiger partial charge is 0.289 e. The fourth-order valence-corrected chi connectivity index (χ4v) is 5.18. The molecule has 0 amide bonds. The average molecular weight is 497 g/mol. The summed E-state index contributed by atoms with van der Waals surface area (Å²) in [6, 6.07) is 10.7. The molecular weight excluding hydrogens is 452 g/mol. The van der Waals surface area contributed by atoms with Crippen LogP contribution >= 0.6 is 0 Å². The molecule has 0 aliphatic carbocycles. The van der Waals surface area contributed by atoms with E-state index in [1.807, 2.05) is 24.3 Å². The normalized spacial score (nSPS) is 11.9. The SMILES string of the molecule is C=C/C=C\C(=C/C)c1n(CC=C)c(C)c(C)[n+]1CCCC[n+]1c(C)c(C)n(CC=C)c1-c1ccccc1. The molecule has 0 aliphatic rings. The predicted octanol–water partition coefficient (Wildman–Crippen LogP) is 6.76. The summed E-state index contributed by atoms with van der Waals surface area (Å²) in [6.07, 6.45) is 14.3. The monoisotopic (exact) mass is 496 g/mol. The first-order valence-electron chi connectivity index (χ1n) is 13.3. The second-order valence-electron chi connectivity index (χ2n) is 9.50. The number of unbranched alkanes of at least 4 members (excludes halogenated alkanes) is 1. The minimum Gasteiger partial charge on any atom is -0.227 e. The van der Waals surface area contributed by atoms with Gasteiger partial charge in [-0.15, -0.1) is 0 Å². The van der Waals surface area contributed by atoms with Crippen molar-refractivity contribution in [3.8, 4) is 11.4 Å². The standard InChI is InChI=1S/C33H44N4/c1-9-13-19-30(12-4)32-34(22-10-2)26(5)28(7)36(32)24-17-18-25-37-29(8)27(6)35(23-11-3)33(37)31-20-15-14-16-21-31/h9-16,19-21H,1-3,17-18,22-25H2,4-8H3/q+2/b19-13-,30-12+. The Morgan fingerprint density at radius 2 is 1.38 bits per heavy atom. The maximum atomic E-state index is 4.00. The number of benzene rings is 1. The van der Waals surface area contributed by atoms with Crippen LogP contribution in [0.3, 0.4) is 0 Å². The Morgan fingerprint density at radius 3 is 1.97 bits per heavy atom. The van der Waals surface area contributed by atoms with Gasteiger partial charge in [0.1, 0.15) is 35.9 Å². The predicted molar refractivity (Wildman–Crippen MR) is 156 cm³/mol. The Morgan fingerprint density at radius 1 is 0.811 bits per heavy atom. The molecule has 1 aromatic carbocycles. The topological polar surface area (TPSA) is 17.6 Å². The Kier molecular flexibility index (Phi) is 9.85. The van der Waals surface area contributed by atoms with Crippen molar-refractivity contribution in [2.45, 2.75) is 73.6 Å². The fourth-order valence-electron chi connectivity index (χ4n) is 5.18. The highest BCUT2D eigenvalue weighted by Gasteiger charge is 2.28. The molecule has 3 aromatic rings. The zero-order chi connectivity index (χ0) is 26.9. The maximum Gasteiger partial charge on any atom is 0.289 e. The smallest absolute Gasteiger partial charge is 0.227 e. The summed E-state index contributed by atoms with van der Waals surface area (Å²) < 4.78 is 9.73. The molecule has 0 saturated carbocycles. The molecule has 0 aliphatic heterocycles. The van der Waals surface area contributed by atoms with Crippen molar-refractivity contribution in [1.82, 2.24) is 9.13 Å². The molecule has 0 saturated heterocycles. The van der Waals surface area contributed by atoms with E-state index in [9.17, 15) is 0 Å². The number of aromatic nitrogens is 4. The van der Waals surface area contributed by atoms with Gasteiger partial charge in [-0.05, 0) is 38.0 Å². The second kappa shape index (κ2) is 13.0. The molecule has 194 valence electrons. The zero-order valence-corrected chi connectivity index (χ0v) is 23.5. The van der Waals surface area contributed by atoms with Crippen LogP contribution in [0.5, 0.6) is 0 Å². The summed E-state index contributed by atoms with van der Waals surface area (Å²) in [5.74, 6) is 2.50. The summed E-state index contributed by atoms with van der Waals surface area (Å²) in [5.41, 5.74) is 7.67. The fraction of sp³-hybridized carbons (Fsp3) is 0.333. The van der Waals surface area contributed by atoms with Gasteiger partial charge in [0, 0.05) is 27.7 Å². The van der Waals surface area contributed by atoms with Crippen LogP contribution in [0.25, 0.3) is 17.0 Å². The van der Waals surface area contributed by atoms with Crippen LogP contribution in [-0.4, -0.2) is 9.13 Å². The number of hydrogen-bond acceptors (Lipinski definition) is 0. The van der Waals surface area contributed by atoms with Crippen LogP contribution in [0.4, 0.5) is 0 Å². The molecule has 4 nitrogen and oxygen atoms in total. The molecule has 0 unspecified atom stereocenters. The molecule has 0 spiro atoms. The van der Waals surface area contributed by atoms with Crippen molar-refractivity contribution in [2.24, 2.45) is 0 Å². The molecule has 2 heterocycles. The van der Waals surface area contributed by atoms with E-state index < -0.39 is 0 Å². The van der Waals surface area contributed by atoms with Gasteiger partial charge < -0.3 is 0 Å². The Balaban J connectivity index is 1.90. The van der Waals surface area contributed by atoms with Crippen molar-refractivity contribution < 1.29 is 9.13 Å². The van der Waals surface area contributed by atoms with Gasteiger partial charge in [-0.25, -0.2) is 18.3 Å². The summed E-state index contributed by atoms with van der Waals surface area (Å²) in [5, 5.41) is 0. The van der Waals surface area contributed by atoms with Crippen molar-refractivity contribution in [3.05, 3.63) is 115 Å². The van der Waals surface area contributed by atoms with Crippen LogP contribution in [0.15, 0.2) is 86.5 Å². The van der Waals surface area contributed by atoms with Crippen LogP contribution in [0, 0.1) is 27.7 Å². The number of allylic oxidation sites excluding steroid dienone is 7. The zero-order valence-electron chi connectivity index (χ0n) is 23.5. The molecule has 37 heavy (non-hydrogen) atoms. The number of imidazole rings is 2. The van der Waals surface area contributed by atoms with Gasteiger partial charge in [-0.3, -0.25) is 0 Å². The van der Waals surface area contributed by atoms with Gasteiger partial charge in [0.05, 0.1) is 24.2 Å². The van der Waals surface area contributed by atoms with E-state index in [0.717, 1.165) is 39.0 Å². The summed E-state index contributed by atoms with van der Waals surface area (Å²) >= 11 is 0. The average Bonchev–Trinajstić information content (AvgIpc) is 3.28. The quantitative estimate of drug-likeness (QED) is 0.108. The summed E-state index contributed by atoms with van der Waals surface area (Å²) in [7, 11) is 0. The lowest BCUT2D eigenvalue weighted by molar-refractivity contribution is -0.710. The third-order valence-electron chi connectivity index (χ3n) is 7.34. The molecule has 0 atom stereocenters. The van der Waals surface area contributed by atoms with E-state index in [1.165, 1.54) is 45.6 Å². The van der Waals surface area contributed by atoms with E-state index >= 15 is 0 Å². The Bertz CT molecular complexity index is 1310. The summed E-state index contributed by atoms with van der Waals surface area (Å²) in [6.45, 7) is 26.4. The molecule has 2 aromatic heterocycles. The van der Waals surface area contributed by atoms with Gasteiger partial charge in [0.15, 0.2) is 0 Å². The lowest BCUT2D eigenvalue weighted by Gasteiger charge is -2.08. The maximum absolute atomic E-state index is 4.00. The molecule has 0 bridgehead atoms.